The molecule has 0 saturated carbocycles. The van der Waals surface area contributed by atoms with Crippen LogP contribution in [0.4, 0.5) is 9.18 Å². The van der Waals surface area contributed by atoms with E-state index in [1.165, 1.54) is 12.1 Å². The van der Waals surface area contributed by atoms with E-state index in [0.717, 1.165) is 12.1 Å². The van der Waals surface area contributed by atoms with E-state index in [2.05, 4.69) is 15.5 Å². The highest BCUT2D eigenvalue weighted by Gasteiger charge is 2.25. The Hall–Kier alpha value is -2.48. The molecule has 2 aromatic rings. The minimum absolute atomic E-state index is 0.170. The zero-order valence-corrected chi connectivity index (χ0v) is 13.5. The van der Waals surface area contributed by atoms with Gasteiger partial charge in [0.1, 0.15) is 18.2 Å². The maximum absolute atomic E-state index is 13.0. The number of amides is 2. The van der Waals surface area contributed by atoms with Crippen molar-refractivity contribution in [3.05, 3.63) is 47.8 Å². The zero-order chi connectivity index (χ0) is 16.9. The number of benzene rings is 1. The number of rotatable bonds is 4. The van der Waals surface area contributed by atoms with E-state index >= 15 is 0 Å². The third-order valence-electron chi connectivity index (χ3n) is 4.03. The molecule has 0 aliphatic carbocycles. The van der Waals surface area contributed by atoms with Crippen LogP contribution < -0.4 is 5.32 Å². The Kier molecular flexibility index (Phi) is 5.05. The number of carbonyl (C=O) groups is 1. The molecule has 1 aromatic carbocycles. The zero-order valence-electron chi connectivity index (χ0n) is 13.5. The molecule has 1 fully saturated rings. The maximum atomic E-state index is 13.0. The summed E-state index contributed by atoms with van der Waals surface area (Å²) in [6.07, 6.45) is 1.39. The lowest BCUT2D eigenvalue weighted by Gasteiger charge is -2.33. The molecule has 1 aliphatic heterocycles. The first kappa shape index (κ1) is 16.4. The SMILES string of the molecule is CCn1cnnc1CNC(=O)N1CCOC(c2ccc(F)cc2)C1. The smallest absolute Gasteiger partial charge is 0.317 e. The molecule has 128 valence electrons. The average molecular weight is 333 g/mol. The molecule has 0 radical (unpaired) electrons. The van der Waals surface area contributed by atoms with Crippen molar-refractivity contribution in [3.63, 3.8) is 0 Å². The lowest BCUT2D eigenvalue weighted by Crippen LogP contribution is -2.47. The molecule has 3 rings (SSSR count). The number of aromatic nitrogens is 3. The van der Waals surface area contributed by atoms with E-state index in [0.29, 0.717) is 32.1 Å². The fraction of sp³-hybridized carbons (Fsp3) is 0.438. The van der Waals surface area contributed by atoms with Gasteiger partial charge >= 0.3 is 6.03 Å². The van der Waals surface area contributed by atoms with Crippen molar-refractivity contribution >= 4 is 6.03 Å². The van der Waals surface area contributed by atoms with Crippen molar-refractivity contribution in [1.29, 1.82) is 0 Å². The molecule has 2 amide bonds. The molecule has 1 atom stereocenters. The summed E-state index contributed by atoms with van der Waals surface area (Å²) in [6.45, 7) is 4.46. The van der Waals surface area contributed by atoms with Gasteiger partial charge in [-0.05, 0) is 24.6 Å². The summed E-state index contributed by atoms with van der Waals surface area (Å²) in [5.41, 5.74) is 0.861. The Labute approximate surface area is 139 Å². The predicted molar refractivity (Wildman–Crippen MR) is 84.6 cm³/mol. The van der Waals surface area contributed by atoms with Crippen LogP contribution >= 0.6 is 0 Å². The molecule has 0 bridgehead atoms. The van der Waals surface area contributed by atoms with Crippen LogP contribution in [0.25, 0.3) is 0 Å². The molecule has 1 aromatic heterocycles. The third-order valence-corrected chi connectivity index (χ3v) is 4.03. The Balaban J connectivity index is 1.57. The number of halogens is 1. The quantitative estimate of drug-likeness (QED) is 0.925. The van der Waals surface area contributed by atoms with E-state index in [4.69, 9.17) is 4.74 Å². The first-order valence-corrected chi connectivity index (χ1v) is 7.94. The van der Waals surface area contributed by atoms with Crippen LogP contribution in [0.3, 0.4) is 0 Å². The number of ether oxygens (including phenoxy) is 1. The fourth-order valence-electron chi connectivity index (χ4n) is 2.66. The third kappa shape index (κ3) is 3.70. The normalized spacial score (nSPS) is 17.8. The van der Waals surface area contributed by atoms with Gasteiger partial charge in [-0.2, -0.15) is 0 Å². The van der Waals surface area contributed by atoms with Gasteiger partial charge in [0.05, 0.1) is 19.7 Å². The Morgan fingerprint density at radius 3 is 2.96 bits per heavy atom. The van der Waals surface area contributed by atoms with E-state index in [1.807, 2.05) is 11.5 Å². The van der Waals surface area contributed by atoms with Crippen molar-refractivity contribution in [2.75, 3.05) is 19.7 Å². The van der Waals surface area contributed by atoms with Gasteiger partial charge in [-0.15, -0.1) is 10.2 Å². The molecule has 1 N–H and O–H groups in total. The van der Waals surface area contributed by atoms with Gasteiger partial charge in [0, 0.05) is 13.1 Å². The summed E-state index contributed by atoms with van der Waals surface area (Å²) in [5, 5.41) is 10.7. The Morgan fingerprint density at radius 1 is 1.42 bits per heavy atom. The number of nitrogens with zero attached hydrogens (tertiary/aromatic N) is 4. The molecule has 2 heterocycles. The molecule has 1 saturated heterocycles. The second-order valence-electron chi connectivity index (χ2n) is 5.55. The summed E-state index contributed by atoms with van der Waals surface area (Å²) in [7, 11) is 0. The van der Waals surface area contributed by atoms with Crippen LogP contribution in [-0.4, -0.2) is 45.4 Å². The Bertz CT molecular complexity index is 688. The van der Waals surface area contributed by atoms with Crippen LogP contribution in [-0.2, 0) is 17.8 Å². The van der Waals surface area contributed by atoms with Crippen LogP contribution in [0.2, 0.25) is 0 Å². The minimum atomic E-state index is -0.288. The number of hydrogen-bond donors (Lipinski definition) is 1. The van der Waals surface area contributed by atoms with Crippen molar-refractivity contribution in [2.45, 2.75) is 26.1 Å². The maximum Gasteiger partial charge on any atom is 0.317 e. The molecule has 1 unspecified atom stereocenters. The molecule has 1 aliphatic rings. The number of aryl methyl sites for hydroxylation is 1. The van der Waals surface area contributed by atoms with Gasteiger partial charge in [0.2, 0.25) is 0 Å². The van der Waals surface area contributed by atoms with E-state index in [9.17, 15) is 9.18 Å². The van der Waals surface area contributed by atoms with Crippen LogP contribution in [0.5, 0.6) is 0 Å². The molecular weight excluding hydrogens is 313 g/mol. The lowest BCUT2D eigenvalue weighted by molar-refractivity contribution is -0.0155. The number of carbonyl (C=O) groups excluding carboxylic acids is 1. The van der Waals surface area contributed by atoms with Gasteiger partial charge in [-0.1, -0.05) is 12.1 Å². The van der Waals surface area contributed by atoms with Crippen molar-refractivity contribution in [3.8, 4) is 0 Å². The minimum Gasteiger partial charge on any atom is -0.370 e. The second kappa shape index (κ2) is 7.39. The summed E-state index contributed by atoms with van der Waals surface area (Å²) >= 11 is 0. The van der Waals surface area contributed by atoms with Crippen LogP contribution in [0.15, 0.2) is 30.6 Å². The van der Waals surface area contributed by atoms with Gasteiger partial charge in [0.15, 0.2) is 5.82 Å². The summed E-state index contributed by atoms with van der Waals surface area (Å²) < 4.78 is 20.6. The van der Waals surface area contributed by atoms with E-state index < -0.39 is 0 Å². The Morgan fingerprint density at radius 2 is 2.21 bits per heavy atom. The second-order valence-corrected chi connectivity index (χ2v) is 5.55. The molecule has 7 nitrogen and oxygen atoms in total. The molecular formula is C16H20FN5O2. The highest BCUT2D eigenvalue weighted by atomic mass is 19.1. The molecule has 24 heavy (non-hydrogen) atoms. The van der Waals surface area contributed by atoms with Gasteiger partial charge in [0.25, 0.3) is 0 Å². The standard InChI is InChI=1S/C16H20FN5O2/c1-2-21-11-19-20-15(21)9-18-16(23)22-7-8-24-14(10-22)12-3-5-13(17)6-4-12/h3-6,11,14H,2,7-10H2,1H3,(H,18,23). The highest BCUT2D eigenvalue weighted by Crippen LogP contribution is 2.22. The summed E-state index contributed by atoms with van der Waals surface area (Å²) in [6, 6.07) is 6.00. The van der Waals surface area contributed by atoms with Crippen LogP contribution in [0, 0.1) is 5.82 Å². The first-order chi connectivity index (χ1) is 11.7. The number of nitrogens with one attached hydrogen (secondary N) is 1. The number of urea groups is 1. The van der Waals surface area contributed by atoms with Crippen molar-refractivity contribution < 1.29 is 13.9 Å². The monoisotopic (exact) mass is 333 g/mol. The molecule has 8 heteroatoms. The van der Waals surface area contributed by atoms with Crippen molar-refractivity contribution in [1.82, 2.24) is 25.0 Å². The molecule has 0 spiro atoms. The predicted octanol–water partition coefficient (Wildman–Crippen LogP) is 1.72. The topological polar surface area (TPSA) is 72.3 Å². The van der Waals surface area contributed by atoms with Crippen LogP contribution in [0.1, 0.15) is 24.4 Å². The van der Waals surface area contributed by atoms with E-state index in [-0.39, 0.29) is 18.0 Å². The summed E-state index contributed by atoms with van der Waals surface area (Å²) in [5.74, 6) is 0.429. The van der Waals surface area contributed by atoms with Gasteiger partial charge in [-0.3, -0.25) is 0 Å². The van der Waals surface area contributed by atoms with Gasteiger partial charge in [-0.25, -0.2) is 9.18 Å². The highest BCUT2D eigenvalue weighted by molar-refractivity contribution is 5.74. The number of hydrogen-bond acceptors (Lipinski definition) is 4. The van der Waals surface area contributed by atoms with Crippen molar-refractivity contribution in [2.24, 2.45) is 0 Å². The lowest BCUT2D eigenvalue weighted by atomic mass is 10.1. The van der Waals surface area contributed by atoms with E-state index in [1.54, 1.807) is 23.4 Å². The summed E-state index contributed by atoms with van der Waals surface area (Å²) in [4.78, 5) is 14.1. The van der Waals surface area contributed by atoms with Gasteiger partial charge < -0.3 is 19.5 Å². The first-order valence-electron chi connectivity index (χ1n) is 7.94. The average Bonchev–Trinajstić information content (AvgIpc) is 3.08. The largest absolute Gasteiger partial charge is 0.370 e. The fourth-order valence-corrected chi connectivity index (χ4v) is 2.66. The number of morpholine rings is 1.